The van der Waals surface area contributed by atoms with Gasteiger partial charge >= 0.3 is 0 Å². The van der Waals surface area contributed by atoms with Gasteiger partial charge in [-0.25, -0.2) is 4.57 Å². The van der Waals surface area contributed by atoms with Crippen molar-refractivity contribution in [2.24, 2.45) is 13.0 Å². The summed E-state index contributed by atoms with van der Waals surface area (Å²) in [5, 5.41) is 8.48. The van der Waals surface area contributed by atoms with Crippen molar-refractivity contribution in [1.82, 2.24) is 0 Å². The molecule has 1 aromatic heterocycles. The van der Waals surface area contributed by atoms with Gasteiger partial charge in [-0.1, -0.05) is 101 Å². The maximum atomic E-state index is 2.54. The largest absolute Gasteiger partial charge is 0.222 e. The van der Waals surface area contributed by atoms with E-state index in [1.165, 1.54) is 102 Å². The number of benzene rings is 4. The van der Waals surface area contributed by atoms with Gasteiger partial charge in [-0.05, 0) is 69.0 Å². The highest BCUT2D eigenvalue weighted by atomic mass is 32.2. The average molecular weight is 503 g/mol. The molecule has 0 saturated heterocycles. The van der Waals surface area contributed by atoms with E-state index >= 15 is 0 Å². The molecular weight excluding hydrogens is 466 g/mol. The Balaban J connectivity index is 1.59. The van der Waals surface area contributed by atoms with Gasteiger partial charge in [0, 0.05) is 21.2 Å². The monoisotopic (exact) mass is 502 g/mol. The number of aromatic nitrogens is 1. The fraction of sp³-hybridized carbons (Fsp3) is 0.343. The Labute approximate surface area is 224 Å². The molecule has 7 rings (SSSR count). The van der Waals surface area contributed by atoms with Crippen molar-refractivity contribution in [1.29, 1.82) is 0 Å². The van der Waals surface area contributed by atoms with Crippen molar-refractivity contribution in [3.05, 3.63) is 77.5 Å². The second kappa shape index (κ2) is 8.33. The molecule has 0 radical (unpaired) electrons. The minimum Gasteiger partial charge on any atom is -0.200 e. The van der Waals surface area contributed by atoms with Crippen LogP contribution in [0.15, 0.2) is 70.6 Å². The molecule has 0 N–H and O–H groups in total. The van der Waals surface area contributed by atoms with Crippen LogP contribution in [0.1, 0.15) is 63.1 Å². The lowest BCUT2D eigenvalue weighted by Gasteiger charge is -2.30. The predicted octanol–water partition coefficient (Wildman–Crippen LogP) is 9.44. The summed E-state index contributed by atoms with van der Waals surface area (Å²) < 4.78 is 2.37. The Morgan fingerprint density at radius 2 is 1.59 bits per heavy atom. The number of nitrogens with zero attached hydrogens (tertiary/aromatic N) is 1. The molecule has 1 fully saturated rings. The summed E-state index contributed by atoms with van der Waals surface area (Å²) in [7, 11) is 2.23. The van der Waals surface area contributed by atoms with Gasteiger partial charge in [0.1, 0.15) is 7.05 Å². The average Bonchev–Trinajstić information content (AvgIpc) is 3.38. The molecule has 0 unspecified atom stereocenters. The summed E-state index contributed by atoms with van der Waals surface area (Å²) in [4.78, 5) is 2.87. The van der Waals surface area contributed by atoms with E-state index in [1.54, 1.807) is 0 Å². The molecule has 0 amide bonds. The Kier molecular flexibility index (Phi) is 5.24. The molecule has 0 bridgehead atoms. The van der Waals surface area contributed by atoms with Gasteiger partial charge in [0.05, 0.1) is 10.9 Å². The summed E-state index contributed by atoms with van der Waals surface area (Å²) in [6, 6.07) is 21.0. The number of fused-ring (bicyclic) bond motifs is 5. The van der Waals surface area contributed by atoms with E-state index in [2.05, 4.69) is 100 Å². The third kappa shape index (κ3) is 3.48. The molecule has 1 nitrogen and oxygen atoms in total. The molecular formula is C35H36NS+. The topological polar surface area (TPSA) is 3.88 Å². The van der Waals surface area contributed by atoms with Crippen LogP contribution in [0.3, 0.4) is 0 Å². The molecule has 1 saturated carbocycles. The molecule has 2 heterocycles. The van der Waals surface area contributed by atoms with E-state index in [4.69, 9.17) is 0 Å². The smallest absolute Gasteiger partial charge is 0.200 e. The van der Waals surface area contributed by atoms with Crippen LogP contribution in [-0.4, -0.2) is 0 Å². The molecule has 0 atom stereocenters. The van der Waals surface area contributed by atoms with Crippen molar-refractivity contribution in [2.75, 3.05) is 0 Å². The van der Waals surface area contributed by atoms with E-state index in [0.29, 0.717) is 0 Å². The number of rotatable bonds is 2. The predicted molar refractivity (Wildman–Crippen MR) is 159 cm³/mol. The summed E-state index contributed by atoms with van der Waals surface area (Å²) in [6.45, 7) is 9.46. The normalized spacial score (nSPS) is 15.7. The minimum atomic E-state index is 0.0405. The molecule has 1 aliphatic heterocycles. The van der Waals surface area contributed by atoms with Crippen LogP contribution in [0.25, 0.3) is 43.6 Å². The lowest BCUT2D eigenvalue weighted by atomic mass is 9.80. The van der Waals surface area contributed by atoms with Gasteiger partial charge < -0.3 is 0 Å². The Bertz CT molecular complexity index is 1730. The summed E-state index contributed by atoms with van der Waals surface area (Å²) in [5.41, 5.74) is 7.26. The van der Waals surface area contributed by atoms with E-state index in [9.17, 15) is 0 Å². The van der Waals surface area contributed by atoms with Gasteiger partial charge in [-0.3, -0.25) is 0 Å². The fourth-order valence-corrected chi connectivity index (χ4v) is 8.83. The third-order valence-electron chi connectivity index (χ3n) is 8.94. The first-order valence-electron chi connectivity index (χ1n) is 13.9. The first-order chi connectivity index (χ1) is 17.8. The Morgan fingerprint density at radius 3 is 2.35 bits per heavy atom. The van der Waals surface area contributed by atoms with Crippen molar-refractivity contribution in [2.45, 2.75) is 75.0 Å². The Morgan fingerprint density at radius 1 is 0.865 bits per heavy atom. The van der Waals surface area contributed by atoms with Gasteiger partial charge in [0.2, 0.25) is 5.69 Å². The van der Waals surface area contributed by atoms with Crippen molar-refractivity contribution < 1.29 is 4.57 Å². The molecule has 2 heteroatoms. The second-order valence-electron chi connectivity index (χ2n) is 12.4. The Hall–Kier alpha value is -2.84. The standard InChI is InChI=1S/C35H36NS/c1-21-24-14-8-9-15-27(24)32(35(2,3)4)34-30(21)33-31-26(17-18-36(33)5)25-16-10-13-23(19-22-11-6-7-12-22)28(25)20-29(31)37-34/h8-10,13-18,20,22H,6-7,11-12,19H2,1-5H3/q+1. The molecule has 37 heavy (non-hydrogen) atoms. The molecule has 0 spiro atoms. The molecule has 5 aromatic rings. The zero-order valence-electron chi connectivity index (χ0n) is 22.7. The summed E-state index contributed by atoms with van der Waals surface area (Å²) in [5.74, 6) is 0.844. The van der Waals surface area contributed by atoms with Crippen molar-refractivity contribution in [3.8, 4) is 11.3 Å². The summed E-state index contributed by atoms with van der Waals surface area (Å²) >= 11 is 2.02. The van der Waals surface area contributed by atoms with E-state index < -0.39 is 0 Å². The van der Waals surface area contributed by atoms with Gasteiger partial charge in [0.15, 0.2) is 6.20 Å². The maximum Gasteiger partial charge on any atom is 0.222 e. The lowest BCUT2D eigenvalue weighted by molar-refractivity contribution is -0.659. The van der Waals surface area contributed by atoms with Crippen LogP contribution < -0.4 is 4.57 Å². The highest BCUT2D eigenvalue weighted by molar-refractivity contribution is 8.00. The van der Waals surface area contributed by atoms with E-state index in [1.807, 2.05) is 11.8 Å². The summed E-state index contributed by atoms with van der Waals surface area (Å²) in [6.07, 6.45) is 9.09. The second-order valence-corrected chi connectivity index (χ2v) is 13.5. The van der Waals surface area contributed by atoms with E-state index in [0.717, 1.165) is 5.92 Å². The molecule has 186 valence electrons. The number of aryl methyl sites for hydroxylation is 2. The first kappa shape index (κ1) is 23.3. The van der Waals surface area contributed by atoms with Gasteiger partial charge in [-0.15, -0.1) is 0 Å². The number of hydrogen-bond donors (Lipinski definition) is 0. The zero-order valence-corrected chi connectivity index (χ0v) is 23.6. The lowest BCUT2D eigenvalue weighted by Crippen LogP contribution is -2.32. The molecule has 1 aliphatic carbocycles. The highest BCUT2D eigenvalue weighted by Crippen LogP contribution is 2.54. The molecule has 2 aliphatic rings. The third-order valence-corrected chi connectivity index (χ3v) is 10.1. The van der Waals surface area contributed by atoms with Gasteiger partial charge in [-0.2, -0.15) is 0 Å². The number of pyridine rings is 1. The number of hydrogen-bond acceptors (Lipinski definition) is 1. The maximum absolute atomic E-state index is 2.54. The molecule has 4 aromatic carbocycles. The van der Waals surface area contributed by atoms with Crippen molar-refractivity contribution >= 4 is 44.1 Å². The van der Waals surface area contributed by atoms with Crippen LogP contribution in [0, 0.1) is 12.8 Å². The van der Waals surface area contributed by atoms with Crippen molar-refractivity contribution in [3.63, 3.8) is 0 Å². The zero-order chi connectivity index (χ0) is 25.5. The van der Waals surface area contributed by atoms with Gasteiger partial charge in [0.25, 0.3) is 0 Å². The van der Waals surface area contributed by atoms with Crippen LogP contribution in [-0.2, 0) is 18.9 Å². The SMILES string of the molecule is Cc1c2c(c(C(C)(C)C)c3ccccc13)Sc1cc3c(CC4CCCC4)cccc3c3cc[n+](C)c-2c13. The minimum absolute atomic E-state index is 0.0405. The quantitative estimate of drug-likeness (QED) is 0.168. The van der Waals surface area contributed by atoms with E-state index in [-0.39, 0.29) is 5.41 Å². The van der Waals surface area contributed by atoms with Crippen LogP contribution in [0.4, 0.5) is 0 Å². The van der Waals surface area contributed by atoms with Crippen LogP contribution in [0.2, 0.25) is 0 Å². The van der Waals surface area contributed by atoms with Crippen LogP contribution >= 0.6 is 11.8 Å². The fourth-order valence-electron chi connectivity index (χ4n) is 7.25. The van der Waals surface area contributed by atoms with Crippen LogP contribution in [0.5, 0.6) is 0 Å². The first-order valence-corrected chi connectivity index (χ1v) is 14.8. The highest BCUT2D eigenvalue weighted by Gasteiger charge is 2.35.